The van der Waals surface area contributed by atoms with Gasteiger partial charge in [0.2, 0.25) is 5.91 Å². The standard InChI is InChI=1S/C15H23NO4/c1-2-20-9-15(5-6-15)14(19)16-7-11(10-3-4-10)12(8-16)13(17)18/h10-12H,2-9H2,1H3,(H,17,18)/t11-,12+/m1/s1. The molecule has 1 N–H and O–H groups in total. The van der Waals surface area contributed by atoms with Crippen LogP contribution in [0.4, 0.5) is 0 Å². The summed E-state index contributed by atoms with van der Waals surface area (Å²) in [5, 5.41) is 9.36. The maximum absolute atomic E-state index is 12.6. The Bertz CT molecular complexity index is 414. The lowest BCUT2D eigenvalue weighted by atomic mass is 9.92. The number of hydrogen-bond donors (Lipinski definition) is 1. The van der Waals surface area contributed by atoms with Gasteiger partial charge in [0.1, 0.15) is 0 Å². The first kappa shape index (κ1) is 13.9. The highest BCUT2D eigenvalue weighted by Crippen LogP contribution is 2.50. The molecule has 2 aliphatic carbocycles. The number of nitrogens with zero attached hydrogens (tertiary/aromatic N) is 1. The van der Waals surface area contributed by atoms with Crippen LogP contribution in [-0.2, 0) is 14.3 Å². The molecule has 3 rings (SSSR count). The molecule has 3 aliphatic rings. The van der Waals surface area contributed by atoms with Crippen molar-refractivity contribution < 1.29 is 19.4 Å². The van der Waals surface area contributed by atoms with Gasteiger partial charge in [-0.1, -0.05) is 0 Å². The van der Waals surface area contributed by atoms with Crippen molar-refractivity contribution in [2.75, 3.05) is 26.3 Å². The molecule has 1 amide bonds. The number of carbonyl (C=O) groups is 2. The highest BCUT2D eigenvalue weighted by Gasteiger charge is 2.55. The van der Waals surface area contributed by atoms with Crippen molar-refractivity contribution in [3.63, 3.8) is 0 Å². The van der Waals surface area contributed by atoms with Gasteiger partial charge in [-0.25, -0.2) is 0 Å². The van der Waals surface area contributed by atoms with Gasteiger partial charge >= 0.3 is 5.97 Å². The minimum Gasteiger partial charge on any atom is -0.481 e. The normalized spacial score (nSPS) is 31.4. The van der Waals surface area contributed by atoms with E-state index in [2.05, 4.69) is 0 Å². The Kier molecular flexibility index (Phi) is 3.48. The molecule has 0 radical (unpaired) electrons. The van der Waals surface area contributed by atoms with Crippen molar-refractivity contribution >= 4 is 11.9 Å². The first-order valence-corrected chi connectivity index (χ1v) is 7.67. The summed E-state index contributed by atoms with van der Waals surface area (Å²) in [5.41, 5.74) is -0.336. The molecule has 1 heterocycles. The number of hydrogen-bond acceptors (Lipinski definition) is 3. The molecule has 112 valence electrons. The number of carboxylic acid groups (broad SMARTS) is 1. The lowest BCUT2D eigenvalue weighted by Gasteiger charge is -2.23. The quantitative estimate of drug-likeness (QED) is 0.798. The maximum atomic E-state index is 12.6. The molecule has 0 aromatic carbocycles. The van der Waals surface area contributed by atoms with Gasteiger partial charge in [0.25, 0.3) is 0 Å². The Morgan fingerprint density at radius 3 is 2.50 bits per heavy atom. The van der Waals surface area contributed by atoms with Crippen LogP contribution in [0.2, 0.25) is 0 Å². The van der Waals surface area contributed by atoms with Crippen LogP contribution in [0, 0.1) is 23.2 Å². The van der Waals surface area contributed by atoms with Crippen molar-refractivity contribution in [2.24, 2.45) is 23.2 Å². The molecule has 5 heteroatoms. The molecule has 2 atom stereocenters. The topological polar surface area (TPSA) is 66.8 Å². The lowest BCUT2D eigenvalue weighted by Crippen LogP contribution is -2.38. The van der Waals surface area contributed by atoms with Gasteiger partial charge < -0.3 is 14.7 Å². The summed E-state index contributed by atoms with van der Waals surface area (Å²) in [7, 11) is 0. The summed E-state index contributed by atoms with van der Waals surface area (Å²) in [4.78, 5) is 25.8. The SMILES string of the molecule is CCOCC1(C(=O)N2C[C@H](C(=O)O)[C@@H](C3CC3)C2)CC1. The summed E-state index contributed by atoms with van der Waals surface area (Å²) >= 11 is 0. The fourth-order valence-electron chi connectivity index (χ4n) is 3.46. The molecule has 3 fully saturated rings. The van der Waals surface area contributed by atoms with Gasteiger partial charge in [-0.3, -0.25) is 9.59 Å². The maximum Gasteiger partial charge on any atom is 0.308 e. The number of carboxylic acids is 1. The van der Waals surface area contributed by atoms with Crippen molar-refractivity contribution in [1.29, 1.82) is 0 Å². The fraction of sp³-hybridized carbons (Fsp3) is 0.867. The van der Waals surface area contributed by atoms with E-state index in [-0.39, 0.29) is 23.2 Å². The van der Waals surface area contributed by atoms with Crippen LogP contribution in [-0.4, -0.2) is 48.2 Å². The van der Waals surface area contributed by atoms with E-state index in [0.29, 0.717) is 32.2 Å². The number of likely N-dealkylation sites (tertiary alicyclic amines) is 1. The van der Waals surface area contributed by atoms with Crippen LogP contribution in [0.5, 0.6) is 0 Å². The van der Waals surface area contributed by atoms with Crippen LogP contribution >= 0.6 is 0 Å². The minimum absolute atomic E-state index is 0.125. The third-order valence-corrected chi connectivity index (χ3v) is 5.09. The third kappa shape index (κ3) is 2.43. The molecule has 0 unspecified atom stereocenters. The number of rotatable bonds is 6. The van der Waals surface area contributed by atoms with Crippen LogP contribution in [0.1, 0.15) is 32.6 Å². The summed E-state index contributed by atoms with van der Waals surface area (Å²) in [6.45, 7) is 4.07. The molecule has 2 saturated carbocycles. The highest BCUT2D eigenvalue weighted by molar-refractivity contribution is 5.86. The van der Waals surface area contributed by atoms with E-state index >= 15 is 0 Å². The number of ether oxygens (including phenoxy) is 1. The zero-order valence-electron chi connectivity index (χ0n) is 12.0. The van der Waals surface area contributed by atoms with E-state index in [9.17, 15) is 14.7 Å². The molecular weight excluding hydrogens is 258 g/mol. The van der Waals surface area contributed by atoms with Crippen molar-refractivity contribution in [1.82, 2.24) is 4.90 Å². The van der Waals surface area contributed by atoms with Crippen LogP contribution in [0.25, 0.3) is 0 Å². The average molecular weight is 281 g/mol. The van der Waals surface area contributed by atoms with Gasteiger partial charge in [-0.2, -0.15) is 0 Å². The van der Waals surface area contributed by atoms with Gasteiger partial charge in [0.15, 0.2) is 0 Å². The van der Waals surface area contributed by atoms with Crippen molar-refractivity contribution in [3.8, 4) is 0 Å². The Hall–Kier alpha value is -1.10. The summed E-state index contributed by atoms with van der Waals surface area (Å²) in [6, 6.07) is 0. The monoisotopic (exact) mass is 281 g/mol. The largest absolute Gasteiger partial charge is 0.481 e. The molecule has 0 aromatic heterocycles. The molecular formula is C15H23NO4. The lowest BCUT2D eigenvalue weighted by molar-refractivity contribution is -0.143. The number of carbonyl (C=O) groups excluding carboxylic acids is 1. The molecule has 1 saturated heterocycles. The summed E-state index contributed by atoms with van der Waals surface area (Å²) in [5.74, 6) is -0.295. The second-order valence-electron chi connectivity index (χ2n) is 6.57. The van der Waals surface area contributed by atoms with E-state index in [1.807, 2.05) is 6.92 Å². The molecule has 1 aliphatic heterocycles. The second-order valence-corrected chi connectivity index (χ2v) is 6.57. The van der Waals surface area contributed by atoms with Gasteiger partial charge in [-0.15, -0.1) is 0 Å². The molecule has 0 spiro atoms. The fourth-order valence-corrected chi connectivity index (χ4v) is 3.46. The summed E-state index contributed by atoms with van der Waals surface area (Å²) < 4.78 is 5.44. The third-order valence-electron chi connectivity index (χ3n) is 5.09. The predicted octanol–water partition coefficient (Wildman–Crippen LogP) is 1.37. The Labute approximate surface area is 119 Å². The van der Waals surface area contributed by atoms with Gasteiger partial charge in [0, 0.05) is 19.7 Å². The van der Waals surface area contributed by atoms with E-state index < -0.39 is 5.97 Å². The Balaban J connectivity index is 1.66. The van der Waals surface area contributed by atoms with Crippen LogP contribution in [0.3, 0.4) is 0 Å². The van der Waals surface area contributed by atoms with E-state index in [0.717, 1.165) is 25.7 Å². The predicted molar refractivity (Wildman–Crippen MR) is 72.1 cm³/mol. The van der Waals surface area contributed by atoms with Crippen LogP contribution < -0.4 is 0 Å². The minimum atomic E-state index is -0.744. The molecule has 5 nitrogen and oxygen atoms in total. The van der Waals surface area contributed by atoms with Crippen molar-refractivity contribution in [2.45, 2.75) is 32.6 Å². The molecule has 0 aromatic rings. The van der Waals surface area contributed by atoms with E-state index in [4.69, 9.17) is 4.74 Å². The van der Waals surface area contributed by atoms with Crippen LogP contribution in [0.15, 0.2) is 0 Å². The van der Waals surface area contributed by atoms with Crippen molar-refractivity contribution in [3.05, 3.63) is 0 Å². The molecule has 20 heavy (non-hydrogen) atoms. The summed E-state index contributed by atoms with van der Waals surface area (Å²) in [6.07, 6.45) is 4.02. The van der Waals surface area contributed by atoms with E-state index in [1.54, 1.807) is 4.90 Å². The average Bonchev–Trinajstić information content (AvgIpc) is 3.34. The highest BCUT2D eigenvalue weighted by atomic mass is 16.5. The number of aliphatic carboxylic acids is 1. The first-order valence-electron chi connectivity index (χ1n) is 7.67. The van der Waals surface area contributed by atoms with E-state index in [1.165, 1.54) is 0 Å². The Morgan fingerprint density at radius 1 is 1.30 bits per heavy atom. The smallest absolute Gasteiger partial charge is 0.308 e. The van der Waals surface area contributed by atoms with Gasteiger partial charge in [-0.05, 0) is 44.4 Å². The number of amides is 1. The second kappa shape index (κ2) is 5.02. The molecule has 0 bridgehead atoms. The zero-order valence-corrected chi connectivity index (χ0v) is 12.0. The first-order chi connectivity index (χ1) is 9.57. The zero-order chi connectivity index (χ0) is 14.3. The Morgan fingerprint density at radius 2 is 2.00 bits per heavy atom. The van der Waals surface area contributed by atoms with Gasteiger partial charge in [0.05, 0.1) is 17.9 Å².